The van der Waals surface area contributed by atoms with Crippen LogP contribution in [0.3, 0.4) is 0 Å². The van der Waals surface area contributed by atoms with Gasteiger partial charge in [0.05, 0.1) is 6.54 Å². The molecule has 2 amide bonds. The van der Waals surface area contributed by atoms with Crippen LogP contribution in [0.25, 0.3) is 0 Å². The number of likely N-dealkylation sites (tertiary alicyclic amines) is 1. The molecule has 0 aromatic heterocycles. The Morgan fingerprint density at radius 3 is 2.48 bits per heavy atom. The van der Waals surface area contributed by atoms with Crippen LogP contribution in [0.5, 0.6) is 0 Å². The van der Waals surface area contributed by atoms with E-state index in [1.54, 1.807) is 4.90 Å². The van der Waals surface area contributed by atoms with Crippen LogP contribution in [0.15, 0.2) is 0 Å². The van der Waals surface area contributed by atoms with Crippen LogP contribution in [0.1, 0.15) is 20.8 Å². The number of piperazine rings is 1. The first-order valence-electron chi connectivity index (χ1n) is 7.73. The second-order valence-electron chi connectivity index (χ2n) is 7.25. The van der Waals surface area contributed by atoms with Crippen molar-refractivity contribution in [2.75, 3.05) is 44.2 Å². The second-order valence-corrected chi connectivity index (χ2v) is 8.23. The highest BCUT2D eigenvalue weighted by Gasteiger charge is 2.56. The number of thioether (sulfide) groups is 1. The number of nitrogens with one attached hydrogen (secondary N) is 1. The molecule has 3 heterocycles. The Morgan fingerprint density at radius 1 is 1.29 bits per heavy atom. The maximum atomic E-state index is 12.8. The number of hydrogen-bond donors (Lipinski definition) is 1. The minimum absolute atomic E-state index is 0.0365. The quantitative estimate of drug-likeness (QED) is 0.802. The van der Waals surface area contributed by atoms with Gasteiger partial charge in [0.15, 0.2) is 0 Å². The maximum Gasteiger partial charge on any atom is 0.245 e. The molecule has 3 saturated heterocycles. The van der Waals surface area contributed by atoms with Crippen LogP contribution in [0, 0.1) is 10.8 Å². The normalized spacial score (nSPS) is 37.8. The van der Waals surface area contributed by atoms with Gasteiger partial charge >= 0.3 is 0 Å². The summed E-state index contributed by atoms with van der Waals surface area (Å²) in [5.74, 6) is 2.42. The predicted octanol–water partition coefficient (Wildman–Crippen LogP) is 0.408. The molecule has 6 heteroatoms. The Bertz CT molecular complexity index is 454. The molecule has 3 aliphatic heterocycles. The van der Waals surface area contributed by atoms with Crippen LogP contribution >= 0.6 is 11.8 Å². The van der Waals surface area contributed by atoms with E-state index in [1.165, 1.54) is 0 Å². The third-order valence-electron chi connectivity index (χ3n) is 5.64. The van der Waals surface area contributed by atoms with Gasteiger partial charge in [-0.2, -0.15) is 11.8 Å². The topological polar surface area (TPSA) is 52.7 Å². The van der Waals surface area contributed by atoms with E-state index in [4.69, 9.17) is 0 Å². The average Bonchev–Trinajstić information content (AvgIpc) is 2.85. The zero-order valence-electron chi connectivity index (χ0n) is 13.1. The van der Waals surface area contributed by atoms with Crippen LogP contribution in [-0.2, 0) is 9.59 Å². The van der Waals surface area contributed by atoms with E-state index < -0.39 is 0 Å². The first-order chi connectivity index (χ1) is 9.86. The zero-order valence-corrected chi connectivity index (χ0v) is 14.0. The van der Waals surface area contributed by atoms with Crippen molar-refractivity contribution in [2.24, 2.45) is 10.8 Å². The van der Waals surface area contributed by atoms with Gasteiger partial charge in [0.2, 0.25) is 11.8 Å². The molecule has 3 fully saturated rings. The molecule has 3 rings (SSSR count). The van der Waals surface area contributed by atoms with Gasteiger partial charge in [-0.05, 0) is 6.92 Å². The fourth-order valence-electron chi connectivity index (χ4n) is 3.81. The first kappa shape index (κ1) is 15.2. The van der Waals surface area contributed by atoms with E-state index in [9.17, 15) is 9.59 Å². The molecule has 0 spiro atoms. The number of fused-ring (bicyclic) bond motifs is 1. The highest BCUT2D eigenvalue weighted by Crippen LogP contribution is 2.55. The molecule has 0 radical (unpaired) electrons. The van der Waals surface area contributed by atoms with Crippen LogP contribution in [-0.4, -0.2) is 71.9 Å². The van der Waals surface area contributed by atoms with Gasteiger partial charge in [0.25, 0.3) is 0 Å². The van der Waals surface area contributed by atoms with Crippen LogP contribution in [0.4, 0.5) is 0 Å². The first-order valence-corrected chi connectivity index (χ1v) is 8.89. The van der Waals surface area contributed by atoms with E-state index in [1.807, 2.05) is 23.6 Å². The number of nitrogens with zero attached hydrogens (tertiary/aromatic N) is 2. The van der Waals surface area contributed by atoms with Gasteiger partial charge in [-0.3, -0.25) is 9.59 Å². The summed E-state index contributed by atoms with van der Waals surface area (Å²) in [5, 5.41) is 3.05. The Balaban J connectivity index is 1.70. The molecule has 21 heavy (non-hydrogen) atoms. The van der Waals surface area contributed by atoms with Crippen molar-refractivity contribution in [1.29, 1.82) is 0 Å². The number of hydrogen-bond acceptors (Lipinski definition) is 4. The summed E-state index contributed by atoms with van der Waals surface area (Å²) in [6.07, 6.45) is 0. The van der Waals surface area contributed by atoms with Gasteiger partial charge in [0.1, 0.15) is 6.04 Å². The van der Waals surface area contributed by atoms with Gasteiger partial charge in [0, 0.05) is 48.5 Å². The van der Waals surface area contributed by atoms with E-state index >= 15 is 0 Å². The van der Waals surface area contributed by atoms with Gasteiger partial charge in [-0.1, -0.05) is 13.8 Å². The third kappa shape index (κ3) is 2.36. The van der Waals surface area contributed by atoms with Crippen molar-refractivity contribution < 1.29 is 9.59 Å². The second kappa shape index (κ2) is 5.16. The summed E-state index contributed by atoms with van der Waals surface area (Å²) in [5.41, 5.74) is 0.445. The molecular weight excluding hydrogens is 286 g/mol. The monoisotopic (exact) mass is 311 g/mol. The van der Waals surface area contributed by atoms with Gasteiger partial charge in [-0.25, -0.2) is 0 Å². The molecule has 1 N–H and O–H groups in total. The number of carbonyl (C=O) groups is 2. The third-order valence-corrected chi connectivity index (χ3v) is 7.32. The molecule has 0 aromatic rings. The van der Waals surface area contributed by atoms with Crippen LogP contribution < -0.4 is 5.32 Å². The molecule has 5 nitrogen and oxygen atoms in total. The Morgan fingerprint density at radius 2 is 1.90 bits per heavy atom. The lowest BCUT2D eigenvalue weighted by molar-refractivity contribution is -0.145. The maximum absolute atomic E-state index is 12.8. The summed E-state index contributed by atoms with van der Waals surface area (Å²) in [4.78, 5) is 28.5. The summed E-state index contributed by atoms with van der Waals surface area (Å²) in [6, 6.07) is -0.335. The lowest BCUT2D eigenvalue weighted by atomic mass is 9.71. The molecule has 1 unspecified atom stereocenters. The largest absolute Gasteiger partial charge is 0.340 e. The Labute approximate surface area is 130 Å². The summed E-state index contributed by atoms with van der Waals surface area (Å²) >= 11 is 2.00. The number of amides is 2. The van der Waals surface area contributed by atoms with E-state index in [0.29, 0.717) is 13.1 Å². The van der Waals surface area contributed by atoms with E-state index in [-0.39, 0.29) is 28.7 Å². The Hall–Kier alpha value is -0.750. The lowest BCUT2D eigenvalue weighted by Crippen LogP contribution is -2.56. The van der Waals surface area contributed by atoms with Crippen molar-refractivity contribution >= 4 is 23.6 Å². The highest BCUT2D eigenvalue weighted by molar-refractivity contribution is 7.99. The minimum atomic E-state index is -0.335. The van der Waals surface area contributed by atoms with Crippen molar-refractivity contribution in [3.8, 4) is 0 Å². The lowest BCUT2D eigenvalue weighted by Gasteiger charge is -2.34. The van der Waals surface area contributed by atoms with E-state index in [2.05, 4.69) is 19.2 Å². The summed E-state index contributed by atoms with van der Waals surface area (Å²) < 4.78 is 0. The number of carbonyl (C=O) groups excluding carboxylic acids is 2. The fraction of sp³-hybridized carbons (Fsp3) is 0.867. The molecule has 0 aromatic carbocycles. The molecule has 0 saturated carbocycles. The summed E-state index contributed by atoms with van der Waals surface area (Å²) in [7, 11) is 0. The molecule has 0 aliphatic carbocycles. The van der Waals surface area contributed by atoms with E-state index in [0.717, 1.165) is 31.1 Å². The molecule has 0 bridgehead atoms. The van der Waals surface area contributed by atoms with Gasteiger partial charge < -0.3 is 15.1 Å². The zero-order chi connectivity index (χ0) is 15.3. The smallest absolute Gasteiger partial charge is 0.245 e. The van der Waals surface area contributed by atoms with Crippen molar-refractivity contribution in [1.82, 2.24) is 15.1 Å². The van der Waals surface area contributed by atoms with Crippen molar-refractivity contribution in [3.63, 3.8) is 0 Å². The SMILES string of the molecule is CC(C(=O)N1C[C@]2(C)CSC[C@]2(C)C1)N1CCNCC1=O. The summed E-state index contributed by atoms with van der Waals surface area (Å²) in [6.45, 7) is 9.91. The standard InChI is InChI=1S/C15H25N3O2S/c1-11(18-5-4-16-6-12(18)19)13(20)17-7-14(2)9-21-10-15(14,3)8-17/h11,16H,4-10H2,1-3H3/t11?,14-,15+. The van der Waals surface area contributed by atoms with Crippen LogP contribution in [0.2, 0.25) is 0 Å². The van der Waals surface area contributed by atoms with Gasteiger partial charge in [-0.15, -0.1) is 0 Å². The molecular formula is C15H25N3O2S. The molecule has 3 aliphatic rings. The number of rotatable bonds is 2. The molecule has 118 valence electrons. The van der Waals surface area contributed by atoms with Crippen molar-refractivity contribution in [3.05, 3.63) is 0 Å². The highest BCUT2D eigenvalue weighted by atomic mass is 32.2. The van der Waals surface area contributed by atoms with Crippen molar-refractivity contribution in [2.45, 2.75) is 26.8 Å². The predicted molar refractivity (Wildman–Crippen MR) is 84.2 cm³/mol. The average molecular weight is 311 g/mol. The Kier molecular flexibility index (Phi) is 3.72. The minimum Gasteiger partial charge on any atom is -0.340 e. The fourth-order valence-corrected chi connectivity index (χ4v) is 5.69. The molecule has 3 atom stereocenters.